The van der Waals surface area contributed by atoms with E-state index in [1.807, 2.05) is 0 Å². The number of carbonyl (C=O) groups excluding carboxylic acids is 1. The summed E-state index contributed by atoms with van der Waals surface area (Å²) >= 11 is 6.21. The molecule has 0 bridgehead atoms. The highest BCUT2D eigenvalue weighted by molar-refractivity contribution is 7.89. The number of halogens is 2. The van der Waals surface area contributed by atoms with E-state index >= 15 is 0 Å². The van der Waals surface area contributed by atoms with Crippen LogP contribution in [0.1, 0.15) is 35.7 Å². The molecule has 0 radical (unpaired) electrons. The molecular weight excluding hydrogens is 403 g/mol. The van der Waals surface area contributed by atoms with Gasteiger partial charge in [0.25, 0.3) is 5.91 Å². The molecule has 1 fully saturated rings. The fourth-order valence-electron chi connectivity index (χ4n) is 3.26. The van der Waals surface area contributed by atoms with Crippen molar-refractivity contribution in [1.29, 1.82) is 0 Å². The van der Waals surface area contributed by atoms with E-state index in [0.29, 0.717) is 25.2 Å². The Bertz CT molecular complexity index is 975. The lowest BCUT2D eigenvalue weighted by molar-refractivity contribution is 0.0752. The van der Waals surface area contributed by atoms with Gasteiger partial charge in [-0.2, -0.15) is 4.31 Å². The summed E-state index contributed by atoms with van der Waals surface area (Å²) in [4.78, 5) is 14.6. The molecule has 1 amide bonds. The summed E-state index contributed by atoms with van der Waals surface area (Å²) in [6.45, 7) is 3.33. The second-order valence-corrected chi connectivity index (χ2v) is 9.05. The molecule has 2 aromatic rings. The molecule has 8 heteroatoms. The lowest BCUT2D eigenvalue weighted by atomic mass is 10.1. The minimum absolute atomic E-state index is 0.0592. The van der Waals surface area contributed by atoms with E-state index in [1.165, 1.54) is 39.5 Å². The molecule has 1 saturated heterocycles. The third kappa shape index (κ3) is 4.37. The van der Waals surface area contributed by atoms with Crippen LogP contribution < -0.4 is 0 Å². The number of rotatable bonds is 6. The van der Waals surface area contributed by atoms with Gasteiger partial charge in [0.05, 0.1) is 15.5 Å². The average Bonchev–Trinajstić information content (AvgIpc) is 3.21. The zero-order chi connectivity index (χ0) is 20.3. The molecule has 0 aromatic heterocycles. The van der Waals surface area contributed by atoms with Crippen LogP contribution in [0.2, 0.25) is 5.02 Å². The van der Waals surface area contributed by atoms with Crippen molar-refractivity contribution >= 4 is 27.5 Å². The molecule has 1 heterocycles. The number of nitrogens with zero attached hydrogens (tertiary/aromatic N) is 2. The molecule has 0 N–H and O–H groups in total. The Morgan fingerprint density at radius 1 is 1.18 bits per heavy atom. The van der Waals surface area contributed by atoms with Gasteiger partial charge >= 0.3 is 0 Å². The van der Waals surface area contributed by atoms with Crippen LogP contribution in [0, 0.1) is 5.82 Å². The van der Waals surface area contributed by atoms with Gasteiger partial charge in [-0.25, -0.2) is 12.8 Å². The monoisotopic (exact) mass is 424 g/mol. The Labute approximate surface area is 169 Å². The first-order valence-electron chi connectivity index (χ1n) is 9.16. The molecule has 0 atom stereocenters. The van der Waals surface area contributed by atoms with Crippen LogP contribution in [0.25, 0.3) is 0 Å². The van der Waals surface area contributed by atoms with Crippen molar-refractivity contribution in [1.82, 2.24) is 9.21 Å². The summed E-state index contributed by atoms with van der Waals surface area (Å²) in [6, 6.07) is 10.2. The first-order valence-corrected chi connectivity index (χ1v) is 11.0. The van der Waals surface area contributed by atoms with E-state index < -0.39 is 15.9 Å². The minimum Gasteiger partial charge on any atom is -0.335 e. The fourth-order valence-corrected chi connectivity index (χ4v) is 5.00. The second-order valence-electron chi connectivity index (χ2n) is 6.70. The molecule has 28 heavy (non-hydrogen) atoms. The highest BCUT2D eigenvalue weighted by atomic mass is 35.5. The Morgan fingerprint density at radius 3 is 2.54 bits per heavy atom. The van der Waals surface area contributed by atoms with Gasteiger partial charge in [-0.3, -0.25) is 4.79 Å². The molecule has 0 spiro atoms. The van der Waals surface area contributed by atoms with Crippen LogP contribution in [0.4, 0.5) is 4.39 Å². The van der Waals surface area contributed by atoms with Gasteiger partial charge in [-0.05, 0) is 55.7 Å². The van der Waals surface area contributed by atoms with Crippen LogP contribution in [0.5, 0.6) is 0 Å². The zero-order valence-corrected chi connectivity index (χ0v) is 17.1. The number of carbonyl (C=O) groups is 1. The number of sulfonamides is 1. The summed E-state index contributed by atoms with van der Waals surface area (Å²) < 4.78 is 40.5. The predicted molar refractivity (Wildman–Crippen MR) is 106 cm³/mol. The molecule has 0 saturated carbocycles. The maximum atomic E-state index is 13.4. The predicted octanol–water partition coefficient (Wildman–Crippen LogP) is 3.93. The maximum absolute atomic E-state index is 13.4. The van der Waals surface area contributed by atoms with Crippen molar-refractivity contribution in [3.8, 4) is 0 Å². The molecule has 1 aliphatic rings. The summed E-state index contributed by atoms with van der Waals surface area (Å²) in [6.07, 6.45) is 1.66. The molecule has 3 rings (SSSR count). The smallest absolute Gasteiger partial charge is 0.255 e. The van der Waals surface area contributed by atoms with Crippen molar-refractivity contribution < 1.29 is 17.6 Å². The van der Waals surface area contributed by atoms with Crippen LogP contribution in [0.15, 0.2) is 47.4 Å². The summed E-state index contributed by atoms with van der Waals surface area (Å²) in [5, 5.41) is 0.183. The van der Waals surface area contributed by atoms with E-state index in [4.69, 9.17) is 11.6 Å². The molecule has 2 aromatic carbocycles. The molecule has 1 aliphatic heterocycles. The Kier molecular flexibility index (Phi) is 6.37. The van der Waals surface area contributed by atoms with Gasteiger partial charge in [0.1, 0.15) is 5.82 Å². The summed E-state index contributed by atoms with van der Waals surface area (Å²) in [5.74, 6) is -0.770. The third-order valence-electron chi connectivity index (χ3n) is 4.80. The highest BCUT2D eigenvalue weighted by Crippen LogP contribution is 2.26. The van der Waals surface area contributed by atoms with Gasteiger partial charge in [-0.15, -0.1) is 0 Å². The molecule has 0 unspecified atom stereocenters. The van der Waals surface area contributed by atoms with Crippen LogP contribution in [0.3, 0.4) is 0 Å². The first-order chi connectivity index (χ1) is 13.3. The van der Waals surface area contributed by atoms with E-state index in [9.17, 15) is 17.6 Å². The normalized spacial score (nSPS) is 15.0. The number of hydrogen-bond donors (Lipinski definition) is 0. The van der Waals surface area contributed by atoms with Crippen molar-refractivity contribution in [3.05, 3.63) is 64.4 Å². The van der Waals surface area contributed by atoms with Crippen molar-refractivity contribution in [2.45, 2.75) is 31.2 Å². The molecule has 0 aliphatic carbocycles. The van der Waals surface area contributed by atoms with Crippen molar-refractivity contribution in [2.75, 3.05) is 19.6 Å². The van der Waals surface area contributed by atoms with E-state index in [-0.39, 0.29) is 27.8 Å². The first kappa shape index (κ1) is 20.8. The Hall–Kier alpha value is -1.96. The maximum Gasteiger partial charge on any atom is 0.255 e. The van der Waals surface area contributed by atoms with Crippen LogP contribution in [-0.4, -0.2) is 43.2 Å². The van der Waals surface area contributed by atoms with E-state index in [0.717, 1.165) is 12.8 Å². The van der Waals surface area contributed by atoms with Gasteiger partial charge in [0.2, 0.25) is 10.0 Å². The third-order valence-corrected chi connectivity index (χ3v) is 7.03. The standard InChI is InChI=1S/C20H22ClFN2O3S/c1-2-23(14-15-6-5-7-16(22)12-15)20(25)18-13-17(8-9-19(18)21)28(26,27)24-10-3-4-11-24/h5-9,12-13H,2-4,10-11,14H2,1H3. The van der Waals surface area contributed by atoms with Gasteiger partial charge in [0.15, 0.2) is 0 Å². The average molecular weight is 425 g/mol. The lowest BCUT2D eigenvalue weighted by Gasteiger charge is -2.22. The highest BCUT2D eigenvalue weighted by Gasteiger charge is 2.29. The van der Waals surface area contributed by atoms with Gasteiger partial charge < -0.3 is 4.90 Å². The van der Waals surface area contributed by atoms with E-state index in [2.05, 4.69) is 0 Å². The number of amides is 1. The van der Waals surface area contributed by atoms with Crippen molar-refractivity contribution in [2.24, 2.45) is 0 Å². The lowest BCUT2D eigenvalue weighted by Crippen LogP contribution is -2.31. The van der Waals surface area contributed by atoms with E-state index in [1.54, 1.807) is 19.1 Å². The zero-order valence-electron chi connectivity index (χ0n) is 15.6. The minimum atomic E-state index is -3.65. The van der Waals surface area contributed by atoms with Gasteiger partial charge in [-0.1, -0.05) is 23.7 Å². The fraction of sp³-hybridized carbons (Fsp3) is 0.350. The second kappa shape index (κ2) is 8.59. The molecule has 5 nitrogen and oxygen atoms in total. The largest absolute Gasteiger partial charge is 0.335 e. The van der Waals surface area contributed by atoms with Gasteiger partial charge in [0, 0.05) is 26.2 Å². The topological polar surface area (TPSA) is 57.7 Å². The quantitative estimate of drug-likeness (QED) is 0.706. The van der Waals surface area contributed by atoms with Crippen molar-refractivity contribution in [3.63, 3.8) is 0 Å². The molecular formula is C20H22ClFN2O3S. The van der Waals surface area contributed by atoms with Crippen LogP contribution in [-0.2, 0) is 16.6 Å². The summed E-state index contributed by atoms with van der Waals surface area (Å²) in [7, 11) is -3.65. The summed E-state index contributed by atoms with van der Waals surface area (Å²) in [5.41, 5.74) is 0.771. The Morgan fingerprint density at radius 2 is 1.89 bits per heavy atom. The number of hydrogen-bond acceptors (Lipinski definition) is 3. The molecule has 150 valence electrons. The number of benzene rings is 2. The van der Waals surface area contributed by atoms with Crippen LogP contribution >= 0.6 is 11.6 Å². The Balaban J connectivity index is 1.89. The SMILES string of the molecule is CCN(Cc1cccc(F)c1)C(=O)c1cc(S(=O)(=O)N2CCCC2)ccc1Cl.